The van der Waals surface area contributed by atoms with Gasteiger partial charge >= 0.3 is 0 Å². The zero-order valence-electron chi connectivity index (χ0n) is 17.1. The lowest BCUT2D eigenvalue weighted by atomic mass is 9.87. The lowest BCUT2D eigenvalue weighted by Gasteiger charge is -2.19. The number of anilines is 2. The second-order valence-corrected chi connectivity index (χ2v) is 8.67. The molecule has 0 radical (unpaired) electrons. The van der Waals surface area contributed by atoms with E-state index in [2.05, 4.69) is 52.7 Å². The Labute approximate surface area is 179 Å². The van der Waals surface area contributed by atoms with Gasteiger partial charge in [-0.3, -0.25) is 14.4 Å². The molecule has 154 valence electrons. The zero-order valence-corrected chi connectivity index (χ0v) is 18.6. The molecule has 0 saturated heterocycles. The van der Waals surface area contributed by atoms with Crippen LogP contribution in [0.15, 0.2) is 46.9 Å². The summed E-state index contributed by atoms with van der Waals surface area (Å²) >= 11 is 3.35. The van der Waals surface area contributed by atoms with Gasteiger partial charge in [-0.15, -0.1) is 0 Å². The van der Waals surface area contributed by atoms with E-state index in [0.717, 1.165) is 10.0 Å². The summed E-state index contributed by atoms with van der Waals surface area (Å²) in [6, 6.07) is 12.6. The minimum atomic E-state index is -0.266. The van der Waals surface area contributed by atoms with Gasteiger partial charge in [-0.05, 0) is 41.3 Å². The maximum atomic E-state index is 12.3. The van der Waals surface area contributed by atoms with Crippen LogP contribution >= 0.6 is 15.9 Å². The van der Waals surface area contributed by atoms with E-state index in [-0.39, 0.29) is 36.1 Å². The van der Waals surface area contributed by atoms with Crippen molar-refractivity contribution in [2.45, 2.75) is 39.5 Å². The van der Waals surface area contributed by atoms with E-state index in [1.54, 1.807) is 30.3 Å². The smallest absolute Gasteiger partial charge is 0.251 e. The van der Waals surface area contributed by atoms with Crippen LogP contribution in [-0.2, 0) is 15.0 Å². The molecule has 0 spiro atoms. The summed E-state index contributed by atoms with van der Waals surface area (Å²) in [6.45, 7) is 7.95. The van der Waals surface area contributed by atoms with Crippen LogP contribution in [-0.4, -0.2) is 24.3 Å². The van der Waals surface area contributed by atoms with Crippen molar-refractivity contribution in [1.82, 2.24) is 5.32 Å². The lowest BCUT2D eigenvalue weighted by Crippen LogP contribution is -2.28. The number of carbonyl (C=O) groups excluding carboxylic acids is 3. The molecule has 3 amide bonds. The topological polar surface area (TPSA) is 87.3 Å². The number of halogens is 1. The Morgan fingerprint density at radius 1 is 0.931 bits per heavy atom. The van der Waals surface area contributed by atoms with E-state index in [9.17, 15) is 14.4 Å². The third kappa shape index (κ3) is 7.02. The fourth-order valence-corrected chi connectivity index (χ4v) is 3.01. The maximum absolute atomic E-state index is 12.3. The van der Waals surface area contributed by atoms with E-state index < -0.39 is 0 Å². The van der Waals surface area contributed by atoms with Gasteiger partial charge < -0.3 is 16.0 Å². The molecule has 2 aromatic rings. The van der Waals surface area contributed by atoms with Crippen LogP contribution in [0.1, 0.15) is 50.0 Å². The van der Waals surface area contributed by atoms with Crippen LogP contribution in [0.3, 0.4) is 0 Å². The number of benzene rings is 2. The summed E-state index contributed by atoms with van der Waals surface area (Å²) in [5.74, 6) is -0.717. The van der Waals surface area contributed by atoms with E-state index in [1.165, 1.54) is 6.92 Å². The molecule has 0 unspecified atom stereocenters. The summed E-state index contributed by atoms with van der Waals surface area (Å²) in [6.07, 6.45) is 0.109. The SMILES string of the molecule is CC(=O)Nc1ccc(Br)cc1NC(=O)CCNC(=O)c1ccc(C(C)(C)C)cc1. The molecule has 0 aliphatic heterocycles. The average molecular weight is 460 g/mol. The standard InChI is InChI=1S/C22H26BrN3O3/c1-14(27)25-18-10-9-17(23)13-19(18)26-20(28)11-12-24-21(29)15-5-7-16(8-6-15)22(2,3)4/h5-10,13H,11-12H2,1-4H3,(H,24,29)(H,25,27)(H,26,28). The Bertz CT molecular complexity index is 903. The lowest BCUT2D eigenvalue weighted by molar-refractivity contribution is -0.116. The van der Waals surface area contributed by atoms with Crippen molar-refractivity contribution in [3.8, 4) is 0 Å². The molecule has 0 bridgehead atoms. The highest BCUT2D eigenvalue weighted by Crippen LogP contribution is 2.26. The van der Waals surface area contributed by atoms with Crippen LogP contribution in [0, 0.1) is 0 Å². The van der Waals surface area contributed by atoms with Gasteiger partial charge in [-0.1, -0.05) is 48.8 Å². The second-order valence-electron chi connectivity index (χ2n) is 7.75. The fourth-order valence-electron chi connectivity index (χ4n) is 2.64. The summed E-state index contributed by atoms with van der Waals surface area (Å²) in [5.41, 5.74) is 2.73. The molecule has 0 aromatic heterocycles. The Balaban J connectivity index is 1.89. The highest BCUT2D eigenvalue weighted by atomic mass is 79.9. The largest absolute Gasteiger partial charge is 0.352 e. The molecule has 3 N–H and O–H groups in total. The molecule has 2 aromatic carbocycles. The van der Waals surface area contributed by atoms with Crippen molar-refractivity contribution in [1.29, 1.82) is 0 Å². The first-order valence-electron chi connectivity index (χ1n) is 9.32. The zero-order chi connectivity index (χ0) is 21.6. The molecule has 0 aliphatic carbocycles. The highest BCUT2D eigenvalue weighted by molar-refractivity contribution is 9.10. The minimum absolute atomic E-state index is 0.0234. The van der Waals surface area contributed by atoms with Gasteiger partial charge in [0.25, 0.3) is 5.91 Å². The fraction of sp³-hybridized carbons (Fsp3) is 0.318. The number of carbonyl (C=O) groups is 3. The van der Waals surface area contributed by atoms with Gasteiger partial charge in [-0.2, -0.15) is 0 Å². The van der Waals surface area contributed by atoms with Gasteiger partial charge in [0.05, 0.1) is 11.4 Å². The van der Waals surface area contributed by atoms with Crippen molar-refractivity contribution in [2.24, 2.45) is 0 Å². The van der Waals surface area contributed by atoms with E-state index in [0.29, 0.717) is 16.9 Å². The van der Waals surface area contributed by atoms with Crippen LogP contribution in [0.2, 0.25) is 0 Å². The van der Waals surface area contributed by atoms with Gasteiger partial charge in [-0.25, -0.2) is 0 Å². The average Bonchev–Trinajstić information content (AvgIpc) is 2.63. The van der Waals surface area contributed by atoms with Crippen molar-refractivity contribution in [3.63, 3.8) is 0 Å². The monoisotopic (exact) mass is 459 g/mol. The van der Waals surface area contributed by atoms with Crippen LogP contribution < -0.4 is 16.0 Å². The Morgan fingerprint density at radius 2 is 1.59 bits per heavy atom. The van der Waals surface area contributed by atoms with Crippen molar-refractivity contribution in [3.05, 3.63) is 58.1 Å². The predicted octanol–water partition coefficient (Wildman–Crippen LogP) is 4.46. The van der Waals surface area contributed by atoms with E-state index >= 15 is 0 Å². The second kappa shape index (κ2) is 9.69. The van der Waals surface area contributed by atoms with E-state index in [1.807, 2.05) is 12.1 Å². The number of amides is 3. The third-order valence-corrected chi connectivity index (χ3v) is 4.71. The first kappa shape index (κ1) is 22.6. The minimum Gasteiger partial charge on any atom is -0.352 e. The molecule has 6 nitrogen and oxygen atoms in total. The number of hydrogen-bond acceptors (Lipinski definition) is 3. The predicted molar refractivity (Wildman–Crippen MR) is 119 cm³/mol. The molecule has 0 aliphatic rings. The third-order valence-electron chi connectivity index (χ3n) is 4.22. The quantitative estimate of drug-likeness (QED) is 0.595. The van der Waals surface area contributed by atoms with Gasteiger partial charge in [0.2, 0.25) is 11.8 Å². The van der Waals surface area contributed by atoms with Crippen LogP contribution in [0.4, 0.5) is 11.4 Å². The molecule has 7 heteroatoms. The van der Waals surface area contributed by atoms with Gasteiger partial charge in [0.1, 0.15) is 0 Å². The first-order chi connectivity index (χ1) is 13.6. The molecule has 0 saturated carbocycles. The van der Waals surface area contributed by atoms with Crippen molar-refractivity contribution >= 4 is 45.0 Å². The van der Waals surface area contributed by atoms with Crippen LogP contribution in [0.25, 0.3) is 0 Å². The normalized spacial score (nSPS) is 10.9. The van der Waals surface area contributed by atoms with Gasteiger partial charge in [0.15, 0.2) is 0 Å². The first-order valence-corrected chi connectivity index (χ1v) is 10.1. The summed E-state index contributed by atoms with van der Waals surface area (Å²) in [4.78, 5) is 35.8. The molecule has 0 fully saturated rings. The molecule has 0 heterocycles. The molecule has 29 heavy (non-hydrogen) atoms. The molecule has 0 atom stereocenters. The Hall–Kier alpha value is -2.67. The number of nitrogens with one attached hydrogen (secondary N) is 3. The molecule has 2 rings (SSSR count). The van der Waals surface area contributed by atoms with E-state index in [4.69, 9.17) is 0 Å². The summed E-state index contributed by atoms with van der Waals surface area (Å²) < 4.78 is 0.772. The van der Waals surface area contributed by atoms with Crippen LogP contribution in [0.5, 0.6) is 0 Å². The highest BCUT2D eigenvalue weighted by Gasteiger charge is 2.14. The maximum Gasteiger partial charge on any atom is 0.251 e. The summed E-state index contributed by atoms with van der Waals surface area (Å²) in [7, 11) is 0. The number of hydrogen-bond donors (Lipinski definition) is 3. The molecular formula is C22H26BrN3O3. The summed E-state index contributed by atoms with van der Waals surface area (Å²) in [5, 5.41) is 8.19. The molecular weight excluding hydrogens is 434 g/mol. The Morgan fingerprint density at radius 3 is 2.17 bits per heavy atom. The van der Waals surface area contributed by atoms with Crippen molar-refractivity contribution < 1.29 is 14.4 Å². The Kier molecular flexibility index (Phi) is 7.56. The van der Waals surface area contributed by atoms with Gasteiger partial charge in [0, 0.05) is 29.9 Å². The van der Waals surface area contributed by atoms with Crippen molar-refractivity contribution in [2.75, 3.05) is 17.2 Å². The number of rotatable bonds is 6.